The van der Waals surface area contributed by atoms with E-state index in [1.54, 1.807) is 18.9 Å². The summed E-state index contributed by atoms with van der Waals surface area (Å²) in [6.07, 6.45) is 0. The molecule has 1 rings (SSSR count). The summed E-state index contributed by atoms with van der Waals surface area (Å²) in [5, 5.41) is 2.92. The second kappa shape index (κ2) is 6.44. The van der Waals surface area contributed by atoms with Crippen molar-refractivity contribution in [2.75, 3.05) is 20.1 Å². The number of hydrogen-bond donors (Lipinski definition) is 1. The van der Waals surface area contributed by atoms with Crippen molar-refractivity contribution in [1.82, 2.24) is 10.2 Å². The van der Waals surface area contributed by atoms with Gasteiger partial charge in [-0.1, -0.05) is 6.07 Å². The first kappa shape index (κ1) is 14.6. The Balaban J connectivity index is 2.60. The SMILES string of the molecule is CCN(C)C(=O)CNC(C)c1ccc(F)cc1F. The fraction of sp³-hybridized carbons (Fsp3) is 0.462. The molecule has 0 aliphatic carbocycles. The number of nitrogens with zero attached hydrogens (tertiary/aromatic N) is 1. The Labute approximate surface area is 106 Å². The highest BCUT2D eigenvalue weighted by Gasteiger charge is 2.13. The Morgan fingerprint density at radius 2 is 2.11 bits per heavy atom. The van der Waals surface area contributed by atoms with Gasteiger partial charge in [0.25, 0.3) is 0 Å². The zero-order valence-corrected chi connectivity index (χ0v) is 10.8. The fourth-order valence-electron chi connectivity index (χ4n) is 1.51. The average Bonchev–Trinajstić information content (AvgIpc) is 2.34. The van der Waals surface area contributed by atoms with Crippen LogP contribution in [0.25, 0.3) is 0 Å². The Morgan fingerprint density at radius 3 is 2.67 bits per heavy atom. The molecule has 5 heteroatoms. The number of amides is 1. The maximum atomic E-state index is 13.5. The first-order valence-electron chi connectivity index (χ1n) is 5.88. The van der Waals surface area contributed by atoms with Crippen LogP contribution in [0.15, 0.2) is 18.2 Å². The van der Waals surface area contributed by atoms with E-state index in [-0.39, 0.29) is 18.5 Å². The minimum Gasteiger partial charge on any atom is -0.345 e. The van der Waals surface area contributed by atoms with E-state index in [1.807, 2.05) is 6.92 Å². The summed E-state index contributed by atoms with van der Waals surface area (Å²) in [5.41, 5.74) is 0.350. The summed E-state index contributed by atoms with van der Waals surface area (Å²) < 4.78 is 26.2. The Bertz CT molecular complexity index is 423. The second-order valence-corrected chi connectivity index (χ2v) is 4.18. The lowest BCUT2D eigenvalue weighted by Gasteiger charge is -2.18. The third-order valence-electron chi connectivity index (χ3n) is 2.89. The van der Waals surface area contributed by atoms with Crippen LogP contribution >= 0.6 is 0 Å². The normalized spacial score (nSPS) is 12.3. The van der Waals surface area contributed by atoms with Gasteiger partial charge < -0.3 is 10.2 Å². The van der Waals surface area contributed by atoms with Crippen molar-refractivity contribution in [1.29, 1.82) is 0 Å². The van der Waals surface area contributed by atoms with Crippen molar-refractivity contribution in [3.8, 4) is 0 Å². The number of rotatable bonds is 5. The van der Waals surface area contributed by atoms with Gasteiger partial charge in [-0.25, -0.2) is 8.78 Å². The number of likely N-dealkylation sites (N-methyl/N-ethyl adjacent to an activating group) is 1. The Morgan fingerprint density at radius 1 is 1.44 bits per heavy atom. The van der Waals surface area contributed by atoms with Crippen LogP contribution in [0.2, 0.25) is 0 Å². The molecule has 1 aromatic carbocycles. The monoisotopic (exact) mass is 256 g/mol. The maximum absolute atomic E-state index is 13.5. The van der Waals surface area contributed by atoms with Gasteiger partial charge in [-0.05, 0) is 19.9 Å². The van der Waals surface area contributed by atoms with E-state index in [1.165, 1.54) is 12.1 Å². The third kappa shape index (κ3) is 3.77. The minimum atomic E-state index is -0.606. The summed E-state index contributed by atoms with van der Waals surface area (Å²) in [7, 11) is 1.70. The van der Waals surface area contributed by atoms with E-state index in [0.717, 1.165) is 6.07 Å². The van der Waals surface area contributed by atoms with Gasteiger partial charge in [0, 0.05) is 31.3 Å². The molecule has 0 spiro atoms. The van der Waals surface area contributed by atoms with Crippen molar-refractivity contribution >= 4 is 5.91 Å². The molecule has 0 aliphatic heterocycles. The largest absolute Gasteiger partial charge is 0.345 e. The van der Waals surface area contributed by atoms with E-state index < -0.39 is 11.6 Å². The average molecular weight is 256 g/mol. The molecule has 1 amide bonds. The molecule has 1 aromatic rings. The molecule has 100 valence electrons. The van der Waals surface area contributed by atoms with Gasteiger partial charge in [-0.15, -0.1) is 0 Å². The predicted octanol–water partition coefficient (Wildman–Crippen LogP) is 2.09. The van der Waals surface area contributed by atoms with Crippen molar-refractivity contribution < 1.29 is 13.6 Å². The Hall–Kier alpha value is -1.49. The molecule has 1 N–H and O–H groups in total. The summed E-state index contributed by atoms with van der Waals surface area (Å²) in [4.78, 5) is 13.1. The van der Waals surface area contributed by atoms with Crippen LogP contribution in [-0.4, -0.2) is 30.9 Å². The van der Waals surface area contributed by atoms with Crippen LogP contribution in [-0.2, 0) is 4.79 Å². The molecule has 0 bridgehead atoms. The number of halogens is 2. The summed E-state index contributed by atoms with van der Waals surface area (Å²) >= 11 is 0. The van der Waals surface area contributed by atoms with Gasteiger partial charge in [-0.2, -0.15) is 0 Å². The predicted molar refractivity (Wildman–Crippen MR) is 66.1 cm³/mol. The third-order valence-corrected chi connectivity index (χ3v) is 2.89. The lowest BCUT2D eigenvalue weighted by atomic mass is 10.1. The molecular weight excluding hydrogens is 238 g/mol. The summed E-state index contributed by atoms with van der Waals surface area (Å²) in [6, 6.07) is 3.08. The van der Waals surface area contributed by atoms with Crippen molar-refractivity contribution in [2.24, 2.45) is 0 Å². The van der Waals surface area contributed by atoms with Gasteiger partial charge in [0.1, 0.15) is 11.6 Å². The number of hydrogen-bond acceptors (Lipinski definition) is 2. The smallest absolute Gasteiger partial charge is 0.236 e. The highest BCUT2D eigenvalue weighted by atomic mass is 19.1. The van der Waals surface area contributed by atoms with Gasteiger partial charge >= 0.3 is 0 Å². The zero-order valence-electron chi connectivity index (χ0n) is 10.8. The Kier molecular flexibility index (Phi) is 5.22. The summed E-state index contributed by atoms with van der Waals surface area (Å²) in [6.45, 7) is 4.36. The number of benzene rings is 1. The lowest BCUT2D eigenvalue weighted by molar-refractivity contribution is -0.128. The van der Waals surface area contributed by atoms with Crippen molar-refractivity contribution in [3.63, 3.8) is 0 Å². The highest BCUT2D eigenvalue weighted by molar-refractivity contribution is 5.77. The molecule has 0 aromatic heterocycles. The molecule has 0 heterocycles. The van der Waals surface area contributed by atoms with Crippen LogP contribution in [0.1, 0.15) is 25.5 Å². The zero-order chi connectivity index (χ0) is 13.7. The van der Waals surface area contributed by atoms with Crippen molar-refractivity contribution in [2.45, 2.75) is 19.9 Å². The molecule has 0 radical (unpaired) electrons. The maximum Gasteiger partial charge on any atom is 0.236 e. The molecule has 1 unspecified atom stereocenters. The molecule has 0 saturated carbocycles. The molecule has 1 atom stereocenters. The number of carbonyl (C=O) groups is 1. The fourth-order valence-corrected chi connectivity index (χ4v) is 1.51. The number of carbonyl (C=O) groups excluding carboxylic acids is 1. The van der Waals surface area contributed by atoms with Crippen LogP contribution in [0, 0.1) is 11.6 Å². The second-order valence-electron chi connectivity index (χ2n) is 4.18. The highest BCUT2D eigenvalue weighted by Crippen LogP contribution is 2.17. The first-order chi connectivity index (χ1) is 8.45. The van der Waals surface area contributed by atoms with Crippen LogP contribution < -0.4 is 5.32 Å². The van der Waals surface area contributed by atoms with E-state index in [4.69, 9.17) is 0 Å². The molecule has 3 nitrogen and oxygen atoms in total. The van der Waals surface area contributed by atoms with Crippen LogP contribution in [0.4, 0.5) is 8.78 Å². The van der Waals surface area contributed by atoms with Gasteiger partial charge in [0.05, 0.1) is 6.54 Å². The van der Waals surface area contributed by atoms with Gasteiger partial charge in [0.2, 0.25) is 5.91 Å². The molecule has 0 saturated heterocycles. The van der Waals surface area contributed by atoms with Gasteiger partial charge in [-0.3, -0.25) is 4.79 Å². The number of nitrogens with one attached hydrogen (secondary N) is 1. The van der Waals surface area contributed by atoms with E-state index in [0.29, 0.717) is 12.1 Å². The standard InChI is InChI=1S/C13H18F2N2O/c1-4-17(3)13(18)8-16-9(2)11-6-5-10(14)7-12(11)15/h5-7,9,16H,4,8H2,1-3H3. The first-order valence-corrected chi connectivity index (χ1v) is 5.88. The molecule has 18 heavy (non-hydrogen) atoms. The molecule has 0 fully saturated rings. The van der Waals surface area contributed by atoms with Crippen LogP contribution in [0.5, 0.6) is 0 Å². The van der Waals surface area contributed by atoms with E-state index in [9.17, 15) is 13.6 Å². The van der Waals surface area contributed by atoms with Gasteiger partial charge in [0.15, 0.2) is 0 Å². The topological polar surface area (TPSA) is 32.3 Å². The van der Waals surface area contributed by atoms with Crippen LogP contribution in [0.3, 0.4) is 0 Å². The molecule has 0 aliphatic rings. The lowest BCUT2D eigenvalue weighted by Crippen LogP contribution is -2.36. The quantitative estimate of drug-likeness (QED) is 0.875. The van der Waals surface area contributed by atoms with E-state index in [2.05, 4.69) is 5.32 Å². The van der Waals surface area contributed by atoms with E-state index >= 15 is 0 Å². The minimum absolute atomic E-state index is 0.0631. The van der Waals surface area contributed by atoms with Crippen molar-refractivity contribution in [3.05, 3.63) is 35.4 Å². The molecular formula is C13H18F2N2O. The summed E-state index contributed by atoms with van der Waals surface area (Å²) in [5.74, 6) is -1.27.